The van der Waals surface area contributed by atoms with Crippen molar-refractivity contribution in [2.45, 2.75) is 72.4 Å². The van der Waals surface area contributed by atoms with E-state index in [1.165, 1.54) is 11.1 Å². The predicted octanol–water partition coefficient (Wildman–Crippen LogP) is 4.18. The lowest BCUT2D eigenvalue weighted by Crippen LogP contribution is -2.59. The fourth-order valence-electron chi connectivity index (χ4n) is 5.83. The fraction of sp³-hybridized carbons (Fsp3) is 0.500. The monoisotopic (exact) mass is 502 g/mol. The molecule has 0 saturated carbocycles. The van der Waals surface area contributed by atoms with Crippen LogP contribution in [0.4, 0.5) is 5.82 Å². The predicted molar refractivity (Wildman–Crippen MR) is 148 cm³/mol. The maximum absolute atomic E-state index is 11.3. The average molecular weight is 503 g/mol. The van der Waals surface area contributed by atoms with Crippen LogP contribution in [0.25, 0.3) is 27.9 Å². The normalized spacial score (nSPS) is 18.1. The number of primary amides is 1. The minimum atomic E-state index is -0.241. The number of H-pyrrole nitrogens is 1. The van der Waals surface area contributed by atoms with Gasteiger partial charge in [-0.3, -0.25) is 9.69 Å². The maximum Gasteiger partial charge on any atom is 0.218 e. The maximum atomic E-state index is 11.3. The number of nitrogens with one attached hydrogen (secondary N) is 1. The van der Waals surface area contributed by atoms with Crippen molar-refractivity contribution in [1.29, 1.82) is 0 Å². The minimum Gasteiger partial charge on any atom is -0.370 e. The molecule has 1 fully saturated rings. The Balaban J connectivity index is 1.51. The molecule has 0 radical (unpaired) electrons. The first-order chi connectivity index (χ1) is 17.7. The van der Waals surface area contributed by atoms with E-state index in [1.807, 2.05) is 4.52 Å². The number of nitrogens with zero attached hydrogens (tertiary/aromatic N) is 6. The molecule has 0 spiro atoms. The number of aromatic amines is 1. The van der Waals surface area contributed by atoms with E-state index in [1.54, 1.807) is 6.33 Å². The number of rotatable bonds is 9. The molecular weight excluding hydrogens is 464 g/mol. The molecule has 1 amide bonds. The molecule has 9 nitrogen and oxygen atoms in total. The average Bonchev–Trinajstić information content (AvgIpc) is 3.47. The number of carbonyl (C=O) groups excluding carboxylic acids is 1. The summed E-state index contributed by atoms with van der Waals surface area (Å²) in [5, 5.41) is 4.40. The Hall–Kier alpha value is -3.46. The zero-order valence-electron chi connectivity index (χ0n) is 22.7. The van der Waals surface area contributed by atoms with Crippen molar-refractivity contribution in [2.75, 3.05) is 24.5 Å². The molecule has 5 heterocycles. The molecule has 1 aliphatic rings. The van der Waals surface area contributed by atoms with Crippen molar-refractivity contribution in [1.82, 2.24) is 29.5 Å². The van der Waals surface area contributed by atoms with Crippen molar-refractivity contribution in [3.63, 3.8) is 0 Å². The Morgan fingerprint density at radius 3 is 2.73 bits per heavy atom. The van der Waals surface area contributed by atoms with E-state index in [4.69, 9.17) is 10.7 Å². The largest absolute Gasteiger partial charge is 0.370 e. The fourth-order valence-corrected chi connectivity index (χ4v) is 5.83. The number of hydrogen-bond acceptors (Lipinski definition) is 6. The summed E-state index contributed by atoms with van der Waals surface area (Å²) in [6, 6.07) is 5.15. The molecule has 0 aliphatic carbocycles. The van der Waals surface area contributed by atoms with Crippen LogP contribution in [-0.4, -0.2) is 67.1 Å². The zero-order chi connectivity index (χ0) is 26.4. The van der Waals surface area contributed by atoms with Gasteiger partial charge in [0.2, 0.25) is 5.91 Å². The first-order valence-electron chi connectivity index (χ1n) is 13.3. The standard InChI is InChI=1S/C28H38N8O/c1-7-34(13-20-12-17(4)35(20)11-10-23(29)37)24-9-8-22-27(33-24)25(16(2)3)26(32-22)21-14-36-28(30-15-31-36)19(6)18(21)5/h8-9,14-17,20,32H,7,10-13H2,1-6H3,(H2,29,37)/t17-,20-/m1/s1. The summed E-state index contributed by atoms with van der Waals surface area (Å²) in [5.41, 5.74) is 14.1. The van der Waals surface area contributed by atoms with Gasteiger partial charge in [0.05, 0.1) is 16.7 Å². The molecular formula is C28H38N8O. The summed E-state index contributed by atoms with van der Waals surface area (Å²) < 4.78 is 1.86. The van der Waals surface area contributed by atoms with Crippen LogP contribution in [0.2, 0.25) is 0 Å². The van der Waals surface area contributed by atoms with E-state index in [9.17, 15) is 4.79 Å². The number of aryl methyl sites for hydroxylation is 1. The summed E-state index contributed by atoms with van der Waals surface area (Å²) in [5.74, 6) is 1.02. The number of fused-ring (bicyclic) bond motifs is 2. The van der Waals surface area contributed by atoms with Crippen LogP contribution in [0.1, 0.15) is 63.1 Å². The second-order valence-corrected chi connectivity index (χ2v) is 10.7. The number of anilines is 1. The molecule has 1 aliphatic heterocycles. The zero-order valence-corrected chi connectivity index (χ0v) is 22.7. The van der Waals surface area contributed by atoms with Gasteiger partial charge in [-0.2, -0.15) is 5.10 Å². The molecule has 0 aromatic carbocycles. The summed E-state index contributed by atoms with van der Waals surface area (Å²) in [6.45, 7) is 15.6. The molecule has 0 unspecified atom stereocenters. The molecule has 9 heteroatoms. The van der Waals surface area contributed by atoms with E-state index in [0.29, 0.717) is 18.5 Å². The summed E-state index contributed by atoms with van der Waals surface area (Å²) in [6.07, 6.45) is 5.19. The SMILES string of the molecule is CCN(C[C@H]1C[C@@H](C)N1CCC(N)=O)c1ccc2[nH]c(-c3cn4ncnc4c(C)c3C)c(C(C)C)c2n1. The Morgan fingerprint density at radius 1 is 1.27 bits per heavy atom. The number of likely N-dealkylation sites (N-methyl/N-ethyl adjacent to an activating group) is 1. The smallest absolute Gasteiger partial charge is 0.218 e. The Bertz CT molecular complexity index is 1450. The van der Waals surface area contributed by atoms with Gasteiger partial charge >= 0.3 is 0 Å². The second-order valence-electron chi connectivity index (χ2n) is 10.7. The van der Waals surface area contributed by atoms with E-state index >= 15 is 0 Å². The van der Waals surface area contributed by atoms with Gasteiger partial charge in [0.25, 0.3) is 0 Å². The molecule has 1 saturated heterocycles. The van der Waals surface area contributed by atoms with Gasteiger partial charge in [0.15, 0.2) is 5.65 Å². The number of hydrogen-bond donors (Lipinski definition) is 2. The second kappa shape index (κ2) is 9.78. The number of likely N-dealkylation sites (tertiary alicyclic amines) is 1. The lowest BCUT2D eigenvalue weighted by molar-refractivity contribution is -0.119. The number of pyridine rings is 2. The van der Waals surface area contributed by atoms with Crippen LogP contribution >= 0.6 is 0 Å². The third-order valence-electron chi connectivity index (χ3n) is 8.04. The van der Waals surface area contributed by atoms with Gasteiger partial charge in [-0.25, -0.2) is 14.5 Å². The van der Waals surface area contributed by atoms with Gasteiger partial charge < -0.3 is 15.6 Å². The van der Waals surface area contributed by atoms with E-state index in [-0.39, 0.29) is 11.8 Å². The molecule has 2 atom stereocenters. The van der Waals surface area contributed by atoms with Crippen LogP contribution in [0.15, 0.2) is 24.7 Å². The van der Waals surface area contributed by atoms with Gasteiger partial charge in [0.1, 0.15) is 12.1 Å². The molecule has 4 aromatic rings. The molecule has 3 N–H and O–H groups in total. The summed E-state index contributed by atoms with van der Waals surface area (Å²) in [7, 11) is 0. The Morgan fingerprint density at radius 2 is 2.05 bits per heavy atom. The van der Waals surface area contributed by atoms with E-state index < -0.39 is 0 Å². The van der Waals surface area contributed by atoms with E-state index in [2.05, 4.69) is 84.7 Å². The van der Waals surface area contributed by atoms with E-state index in [0.717, 1.165) is 65.4 Å². The summed E-state index contributed by atoms with van der Waals surface area (Å²) >= 11 is 0. The van der Waals surface area contributed by atoms with Gasteiger partial charge in [-0.1, -0.05) is 13.8 Å². The van der Waals surface area contributed by atoms with Crippen LogP contribution in [0.3, 0.4) is 0 Å². The van der Waals surface area contributed by atoms with Gasteiger partial charge in [-0.15, -0.1) is 0 Å². The number of amides is 1. The van der Waals surface area contributed by atoms with Crippen molar-refractivity contribution in [3.8, 4) is 11.3 Å². The Kier molecular flexibility index (Phi) is 6.66. The van der Waals surface area contributed by atoms with Gasteiger partial charge in [0, 0.05) is 55.5 Å². The van der Waals surface area contributed by atoms with Crippen molar-refractivity contribution < 1.29 is 4.79 Å². The highest BCUT2D eigenvalue weighted by molar-refractivity contribution is 5.90. The number of aromatic nitrogens is 5. The first kappa shape index (κ1) is 25.2. The van der Waals surface area contributed by atoms with Crippen LogP contribution in [0, 0.1) is 13.8 Å². The lowest BCUT2D eigenvalue weighted by atomic mass is 9.93. The molecule has 5 rings (SSSR count). The third-order valence-corrected chi connectivity index (χ3v) is 8.04. The molecule has 4 aromatic heterocycles. The molecule has 196 valence electrons. The topological polar surface area (TPSA) is 108 Å². The van der Waals surface area contributed by atoms with Gasteiger partial charge in [-0.05, 0) is 63.3 Å². The molecule has 0 bridgehead atoms. The lowest BCUT2D eigenvalue weighted by Gasteiger charge is -2.49. The first-order valence-corrected chi connectivity index (χ1v) is 13.3. The Labute approximate surface area is 218 Å². The third kappa shape index (κ3) is 4.45. The summed E-state index contributed by atoms with van der Waals surface area (Å²) in [4.78, 5) is 29.4. The minimum absolute atomic E-state index is 0.241. The van der Waals surface area contributed by atoms with Crippen LogP contribution < -0.4 is 10.6 Å². The van der Waals surface area contributed by atoms with Crippen molar-refractivity contribution >= 4 is 28.4 Å². The molecule has 37 heavy (non-hydrogen) atoms. The number of nitrogens with two attached hydrogens (primary N) is 1. The van der Waals surface area contributed by atoms with Crippen molar-refractivity contribution in [2.24, 2.45) is 5.73 Å². The highest BCUT2D eigenvalue weighted by Gasteiger charge is 2.36. The highest BCUT2D eigenvalue weighted by atomic mass is 16.1. The quantitative estimate of drug-likeness (QED) is 0.355. The number of carbonyl (C=O) groups is 1. The highest BCUT2D eigenvalue weighted by Crippen LogP contribution is 2.38. The van der Waals surface area contributed by atoms with Crippen molar-refractivity contribution in [3.05, 3.63) is 41.3 Å². The van der Waals surface area contributed by atoms with Crippen LogP contribution in [-0.2, 0) is 4.79 Å². The van der Waals surface area contributed by atoms with Crippen LogP contribution in [0.5, 0.6) is 0 Å².